The highest BCUT2D eigenvalue weighted by atomic mass is 19.4. The second kappa shape index (κ2) is 7.94. The predicted octanol–water partition coefficient (Wildman–Crippen LogP) is 4.52. The van der Waals surface area contributed by atoms with Crippen LogP contribution in [0.1, 0.15) is 48.7 Å². The topological polar surface area (TPSA) is 58.1 Å². The second-order valence-corrected chi connectivity index (χ2v) is 6.53. The molecule has 1 atom stereocenters. The number of anilines is 2. The zero-order valence-electron chi connectivity index (χ0n) is 15.0. The van der Waals surface area contributed by atoms with Gasteiger partial charge < -0.3 is 10.2 Å². The molecule has 1 amide bonds. The van der Waals surface area contributed by atoms with E-state index in [9.17, 15) is 18.0 Å². The number of carbonyl (C=O) groups is 1. The number of nitrogens with zero attached hydrogens (tertiary/aromatic N) is 3. The summed E-state index contributed by atoms with van der Waals surface area (Å²) in [7, 11) is 0. The maximum Gasteiger partial charge on any atom is 0.418 e. The van der Waals surface area contributed by atoms with Gasteiger partial charge in [-0.3, -0.25) is 4.79 Å². The van der Waals surface area contributed by atoms with E-state index in [1.165, 1.54) is 30.7 Å². The van der Waals surface area contributed by atoms with Crippen LogP contribution in [-0.2, 0) is 6.18 Å². The van der Waals surface area contributed by atoms with Crippen LogP contribution >= 0.6 is 0 Å². The normalized spacial score (nSPS) is 17.6. The zero-order valence-corrected chi connectivity index (χ0v) is 15.0. The third-order valence-electron chi connectivity index (χ3n) is 4.76. The van der Waals surface area contributed by atoms with Crippen molar-refractivity contribution in [2.24, 2.45) is 0 Å². The molecule has 1 unspecified atom stereocenters. The molecule has 1 aromatic heterocycles. The Bertz CT molecular complexity index is 792. The number of nitrogens with one attached hydrogen (secondary N) is 1. The van der Waals surface area contributed by atoms with E-state index in [1.807, 2.05) is 0 Å². The summed E-state index contributed by atoms with van der Waals surface area (Å²) < 4.78 is 39.1. The Balaban J connectivity index is 1.75. The van der Waals surface area contributed by atoms with Crippen LogP contribution in [0.5, 0.6) is 0 Å². The summed E-state index contributed by atoms with van der Waals surface area (Å²) in [6, 6.07) is 8.43. The van der Waals surface area contributed by atoms with E-state index in [0.717, 1.165) is 31.9 Å². The van der Waals surface area contributed by atoms with E-state index in [-0.39, 0.29) is 11.4 Å². The highest BCUT2D eigenvalue weighted by Gasteiger charge is 2.33. The molecule has 3 rings (SSSR count). The first-order valence-electron chi connectivity index (χ1n) is 8.98. The molecule has 27 heavy (non-hydrogen) atoms. The second-order valence-electron chi connectivity index (χ2n) is 6.53. The Morgan fingerprint density at radius 3 is 2.63 bits per heavy atom. The minimum atomic E-state index is -4.55. The molecule has 5 nitrogen and oxygen atoms in total. The van der Waals surface area contributed by atoms with E-state index in [2.05, 4.69) is 27.3 Å². The average molecular weight is 378 g/mol. The Labute approximate surface area is 155 Å². The molecule has 0 bridgehead atoms. The fraction of sp³-hybridized carbons (Fsp3) is 0.421. The average Bonchev–Trinajstić information content (AvgIpc) is 2.67. The number of alkyl halides is 3. The summed E-state index contributed by atoms with van der Waals surface area (Å²) in [6.07, 6.45) is -0.203. The lowest BCUT2D eigenvalue weighted by Gasteiger charge is -2.35. The maximum atomic E-state index is 13.0. The standard InChI is InChI=1S/C19H21F3N4O/c1-2-13-7-5-6-12-26(13)17-11-10-16(24-25-17)18(27)23-15-9-4-3-8-14(15)19(20,21)22/h3-4,8-11,13H,2,5-7,12H2,1H3,(H,23,27). The van der Waals surface area contributed by atoms with Crippen LogP contribution in [0, 0.1) is 0 Å². The van der Waals surface area contributed by atoms with Gasteiger partial charge in [-0.1, -0.05) is 19.1 Å². The Hall–Kier alpha value is -2.64. The number of aromatic nitrogens is 2. The van der Waals surface area contributed by atoms with Crippen LogP contribution in [0.25, 0.3) is 0 Å². The molecule has 8 heteroatoms. The summed E-state index contributed by atoms with van der Waals surface area (Å²) in [5, 5.41) is 10.3. The van der Waals surface area contributed by atoms with Gasteiger partial charge in [0, 0.05) is 12.6 Å². The Morgan fingerprint density at radius 1 is 1.19 bits per heavy atom. The molecule has 0 radical (unpaired) electrons. The fourth-order valence-electron chi connectivity index (χ4n) is 3.35. The van der Waals surface area contributed by atoms with Crippen molar-refractivity contribution >= 4 is 17.4 Å². The predicted molar refractivity (Wildman–Crippen MR) is 96.7 cm³/mol. The fourth-order valence-corrected chi connectivity index (χ4v) is 3.35. The van der Waals surface area contributed by atoms with E-state index < -0.39 is 17.6 Å². The van der Waals surface area contributed by atoms with Gasteiger partial charge in [0.05, 0.1) is 11.3 Å². The van der Waals surface area contributed by atoms with E-state index >= 15 is 0 Å². The van der Waals surface area contributed by atoms with Gasteiger partial charge in [0.25, 0.3) is 5.91 Å². The number of hydrogen-bond donors (Lipinski definition) is 1. The third-order valence-corrected chi connectivity index (χ3v) is 4.76. The number of carbonyl (C=O) groups excluding carboxylic acids is 1. The van der Waals surface area contributed by atoms with Gasteiger partial charge in [0.2, 0.25) is 0 Å². The van der Waals surface area contributed by atoms with Crippen molar-refractivity contribution in [3.05, 3.63) is 47.7 Å². The molecule has 0 spiro atoms. The number of para-hydroxylation sites is 1. The van der Waals surface area contributed by atoms with Crippen LogP contribution in [0.15, 0.2) is 36.4 Å². The summed E-state index contributed by atoms with van der Waals surface area (Å²) in [4.78, 5) is 14.5. The molecular weight excluding hydrogens is 357 g/mol. The summed E-state index contributed by atoms with van der Waals surface area (Å²) in [6.45, 7) is 3.01. The van der Waals surface area contributed by atoms with Gasteiger partial charge in [-0.05, 0) is 49.9 Å². The molecule has 2 heterocycles. The van der Waals surface area contributed by atoms with Gasteiger partial charge in [-0.25, -0.2) is 0 Å². The van der Waals surface area contributed by atoms with E-state index in [0.29, 0.717) is 11.9 Å². The van der Waals surface area contributed by atoms with Crippen LogP contribution in [0.4, 0.5) is 24.7 Å². The third kappa shape index (κ3) is 4.37. The number of piperidine rings is 1. The van der Waals surface area contributed by atoms with Crippen molar-refractivity contribution in [2.45, 2.75) is 44.8 Å². The largest absolute Gasteiger partial charge is 0.418 e. The number of halogens is 3. The molecule has 0 saturated carbocycles. The minimum absolute atomic E-state index is 0.0271. The van der Waals surface area contributed by atoms with Crippen molar-refractivity contribution in [1.82, 2.24) is 10.2 Å². The quantitative estimate of drug-likeness (QED) is 0.850. The minimum Gasteiger partial charge on any atom is -0.352 e. The summed E-state index contributed by atoms with van der Waals surface area (Å²) in [5.74, 6) is -0.0368. The molecule has 1 aliphatic rings. The van der Waals surface area contributed by atoms with Gasteiger partial charge in [-0.2, -0.15) is 13.2 Å². The van der Waals surface area contributed by atoms with Crippen LogP contribution in [0.3, 0.4) is 0 Å². The SMILES string of the molecule is CCC1CCCCN1c1ccc(C(=O)Nc2ccccc2C(F)(F)F)nn1. The molecule has 1 aliphatic heterocycles. The number of amides is 1. The lowest BCUT2D eigenvalue weighted by atomic mass is 10.0. The Morgan fingerprint density at radius 2 is 1.96 bits per heavy atom. The van der Waals surface area contributed by atoms with Gasteiger partial charge in [-0.15, -0.1) is 10.2 Å². The van der Waals surface area contributed by atoms with Gasteiger partial charge >= 0.3 is 6.18 Å². The van der Waals surface area contributed by atoms with Crippen molar-refractivity contribution in [1.29, 1.82) is 0 Å². The van der Waals surface area contributed by atoms with Crippen LogP contribution < -0.4 is 10.2 Å². The molecular formula is C19H21F3N4O. The highest BCUT2D eigenvalue weighted by molar-refractivity contribution is 6.03. The highest BCUT2D eigenvalue weighted by Crippen LogP contribution is 2.34. The number of hydrogen-bond acceptors (Lipinski definition) is 4. The zero-order chi connectivity index (χ0) is 19.4. The first-order chi connectivity index (χ1) is 12.9. The van der Waals surface area contributed by atoms with Crippen LogP contribution in [0.2, 0.25) is 0 Å². The molecule has 1 N–H and O–H groups in total. The van der Waals surface area contributed by atoms with Crippen molar-refractivity contribution in [3.63, 3.8) is 0 Å². The van der Waals surface area contributed by atoms with Gasteiger partial charge in [0.15, 0.2) is 11.5 Å². The summed E-state index contributed by atoms with van der Waals surface area (Å²) in [5.41, 5.74) is -1.23. The molecule has 144 valence electrons. The Kier molecular flexibility index (Phi) is 5.62. The first-order valence-corrected chi connectivity index (χ1v) is 8.98. The van der Waals surface area contributed by atoms with Crippen LogP contribution in [-0.4, -0.2) is 28.7 Å². The summed E-state index contributed by atoms with van der Waals surface area (Å²) >= 11 is 0. The molecule has 1 fully saturated rings. The lowest BCUT2D eigenvalue weighted by Crippen LogP contribution is -2.39. The van der Waals surface area contributed by atoms with Gasteiger partial charge in [0.1, 0.15) is 0 Å². The molecule has 1 aromatic carbocycles. The first kappa shape index (κ1) is 19.1. The smallest absolute Gasteiger partial charge is 0.352 e. The monoisotopic (exact) mass is 378 g/mol. The van der Waals surface area contributed by atoms with E-state index in [4.69, 9.17) is 0 Å². The number of rotatable bonds is 4. The van der Waals surface area contributed by atoms with Crippen molar-refractivity contribution in [3.8, 4) is 0 Å². The molecule has 0 aliphatic carbocycles. The maximum absolute atomic E-state index is 13.0. The lowest BCUT2D eigenvalue weighted by molar-refractivity contribution is -0.136. The molecule has 2 aromatic rings. The van der Waals surface area contributed by atoms with Crippen molar-refractivity contribution < 1.29 is 18.0 Å². The van der Waals surface area contributed by atoms with E-state index in [1.54, 1.807) is 6.07 Å². The molecule has 1 saturated heterocycles. The van der Waals surface area contributed by atoms with Crippen molar-refractivity contribution in [2.75, 3.05) is 16.8 Å². The number of benzene rings is 1.